The third kappa shape index (κ3) is 5.10. The maximum Gasteiger partial charge on any atom is 0.244 e. The molecule has 2 atom stereocenters. The molecule has 0 spiro atoms. The van der Waals surface area contributed by atoms with Crippen LogP contribution >= 0.6 is 0 Å². The van der Waals surface area contributed by atoms with E-state index in [0.717, 1.165) is 0 Å². The number of ether oxygens (including phenoxy) is 3. The zero-order chi connectivity index (χ0) is 21.6. The molecule has 2 aromatic rings. The summed E-state index contributed by atoms with van der Waals surface area (Å²) in [4.78, 5) is 12.8. The molecule has 1 aliphatic rings. The molecule has 1 heterocycles. The van der Waals surface area contributed by atoms with Crippen molar-refractivity contribution in [1.29, 1.82) is 0 Å². The maximum absolute atomic E-state index is 13.4. The highest BCUT2D eigenvalue weighted by Crippen LogP contribution is 2.30. The molecule has 1 N–H and O–H groups in total. The Morgan fingerprint density at radius 1 is 1.10 bits per heavy atom. The second-order valence-electron chi connectivity index (χ2n) is 6.84. The van der Waals surface area contributed by atoms with Gasteiger partial charge in [-0.3, -0.25) is 4.79 Å². The molecular formula is C21H26N2O6S. The van der Waals surface area contributed by atoms with Crippen molar-refractivity contribution < 1.29 is 27.4 Å². The summed E-state index contributed by atoms with van der Waals surface area (Å²) < 4.78 is 44.0. The van der Waals surface area contributed by atoms with Gasteiger partial charge < -0.3 is 19.5 Å². The maximum atomic E-state index is 13.4. The number of methoxy groups -OCH3 is 2. The van der Waals surface area contributed by atoms with Gasteiger partial charge in [0.2, 0.25) is 15.9 Å². The van der Waals surface area contributed by atoms with Crippen molar-refractivity contribution in [3.05, 3.63) is 54.6 Å². The van der Waals surface area contributed by atoms with Gasteiger partial charge in [-0.25, -0.2) is 8.42 Å². The fraction of sp³-hybridized carbons (Fsp3) is 0.381. The fourth-order valence-corrected chi connectivity index (χ4v) is 5.01. The zero-order valence-corrected chi connectivity index (χ0v) is 17.8. The third-order valence-electron chi connectivity index (χ3n) is 4.82. The molecule has 9 heteroatoms. The summed E-state index contributed by atoms with van der Waals surface area (Å²) in [6.07, 6.45) is -0.206. The van der Waals surface area contributed by atoms with E-state index in [4.69, 9.17) is 14.2 Å². The van der Waals surface area contributed by atoms with E-state index in [2.05, 4.69) is 5.32 Å². The number of carbonyl (C=O) groups is 1. The van der Waals surface area contributed by atoms with Crippen molar-refractivity contribution in [2.75, 3.05) is 33.9 Å². The van der Waals surface area contributed by atoms with Crippen molar-refractivity contribution in [2.24, 2.45) is 0 Å². The molecule has 0 radical (unpaired) electrons. The van der Waals surface area contributed by atoms with Gasteiger partial charge in [-0.05, 0) is 24.3 Å². The minimum absolute atomic E-state index is 0.0663. The quantitative estimate of drug-likeness (QED) is 0.604. The highest BCUT2D eigenvalue weighted by Gasteiger charge is 2.45. The summed E-state index contributed by atoms with van der Waals surface area (Å²) in [5.74, 6) is 0.674. The first-order valence-electron chi connectivity index (χ1n) is 9.60. The molecule has 0 unspecified atom stereocenters. The molecule has 1 amide bonds. The van der Waals surface area contributed by atoms with Crippen LogP contribution in [-0.4, -0.2) is 64.7 Å². The number of benzene rings is 2. The van der Waals surface area contributed by atoms with Crippen molar-refractivity contribution in [1.82, 2.24) is 9.62 Å². The lowest BCUT2D eigenvalue weighted by molar-refractivity contribution is -0.124. The Morgan fingerprint density at radius 2 is 1.83 bits per heavy atom. The Hall–Kier alpha value is -2.62. The molecule has 3 rings (SSSR count). The number of nitrogens with zero attached hydrogens (tertiary/aromatic N) is 1. The van der Waals surface area contributed by atoms with Gasteiger partial charge >= 0.3 is 0 Å². The number of sulfonamides is 1. The Labute approximate surface area is 176 Å². The molecule has 0 bridgehead atoms. The van der Waals surface area contributed by atoms with Crippen molar-refractivity contribution >= 4 is 15.9 Å². The predicted molar refractivity (Wildman–Crippen MR) is 111 cm³/mol. The summed E-state index contributed by atoms with van der Waals surface area (Å²) in [6.45, 7) is 0.699. The lowest BCUT2D eigenvalue weighted by atomic mass is 10.2. The van der Waals surface area contributed by atoms with E-state index in [-0.39, 0.29) is 23.8 Å². The number of rotatable bonds is 9. The van der Waals surface area contributed by atoms with Gasteiger partial charge in [0.15, 0.2) is 0 Å². The number of hydrogen-bond acceptors (Lipinski definition) is 6. The van der Waals surface area contributed by atoms with E-state index in [1.165, 1.54) is 30.7 Å². The fourth-order valence-electron chi connectivity index (χ4n) is 3.34. The monoisotopic (exact) mass is 434 g/mol. The Balaban J connectivity index is 1.85. The van der Waals surface area contributed by atoms with Gasteiger partial charge in [0.1, 0.15) is 23.6 Å². The minimum Gasteiger partial charge on any atom is -0.497 e. The molecule has 1 fully saturated rings. The highest BCUT2D eigenvalue weighted by atomic mass is 32.2. The summed E-state index contributed by atoms with van der Waals surface area (Å²) >= 11 is 0. The predicted octanol–water partition coefficient (Wildman–Crippen LogP) is 1.67. The first-order valence-corrected chi connectivity index (χ1v) is 11.0. The van der Waals surface area contributed by atoms with Crippen LogP contribution in [0.2, 0.25) is 0 Å². The van der Waals surface area contributed by atoms with E-state index < -0.39 is 22.2 Å². The van der Waals surface area contributed by atoms with E-state index >= 15 is 0 Å². The summed E-state index contributed by atoms with van der Waals surface area (Å²) in [7, 11) is -0.938. The minimum atomic E-state index is -3.94. The summed E-state index contributed by atoms with van der Waals surface area (Å²) in [5, 5.41) is 2.74. The summed E-state index contributed by atoms with van der Waals surface area (Å²) in [5.41, 5.74) is 0. The van der Waals surface area contributed by atoms with Crippen LogP contribution in [-0.2, 0) is 19.6 Å². The molecule has 8 nitrogen and oxygen atoms in total. The van der Waals surface area contributed by atoms with Crippen LogP contribution in [0.1, 0.15) is 6.42 Å². The normalized spacial score (nSPS) is 19.4. The van der Waals surface area contributed by atoms with Gasteiger partial charge in [-0.1, -0.05) is 24.3 Å². The zero-order valence-electron chi connectivity index (χ0n) is 17.0. The van der Waals surface area contributed by atoms with Crippen LogP contribution in [0.5, 0.6) is 11.5 Å². The molecular weight excluding hydrogens is 408 g/mol. The largest absolute Gasteiger partial charge is 0.497 e. The Kier molecular flexibility index (Phi) is 7.30. The Bertz CT molecular complexity index is 951. The number of para-hydroxylation sites is 1. The molecule has 162 valence electrons. The second-order valence-corrected chi connectivity index (χ2v) is 8.73. The van der Waals surface area contributed by atoms with Gasteiger partial charge in [-0.15, -0.1) is 0 Å². The van der Waals surface area contributed by atoms with Crippen LogP contribution in [0.25, 0.3) is 0 Å². The molecule has 0 saturated carbocycles. The van der Waals surface area contributed by atoms with Crippen LogP contribution in [0.15, 0.2) is 59.5 Å². The molecule has 1 aliphatic heterocycles. The topological polar surface area (TPSA) is 94.2 Å². The van der Waals surface area contributed by atoms with Crippen LogP contribution in [0.4, 0.5) is 0 Å². The first kappa shape index (κ1) is 22.1. The van der Waals surface area contributed by atoms with Gasteiger partial charge in [0.25, 0.3) is 0 Å². The third-order valence-corrected chi connectivity index (χ3v) is 6.69. The van der Waals surface area contributed by atoms with E-state index in [9.17, 15) is 13.2 Å². The standard InChI is InChI=1S/C21H26N2O6S/c1-27-12-11-22-21(24)20-14-18(29-16-7-4-3-5-8-16)15-23(20)30(25,26)19-10-6-9-17(13-19)28-2/h3-10,13,18,20H,11-12,14-15H2,1-2H3,(H,22,24)/t18-,20+/m0/s1. The average Bonchev–Trinajstić information content (AvgIpc) is 3.19. The van der Waals surface area contributed by atoms with Crippen molar-refractivity contribution in [3.8, 4) is 11.5 Å². The lowest BCUT2D eigenvalue weighted by Gasteiger charge is -2.23. The SMILES string of the molecule is COCCNC(=O)[C@H]1C[C@H](Oc2ccccc2)CN1S(=O)(=O)c1cccc(OC)c1. The smallest absolute Gasteiger partial charge is 0.244 e. The van der Waals surface area contributed by atoms with Crippen LogP contribution in [0.3, 0.4) is 0 Å². The van der Waals surface area contributed by atoms with Gasteiger partial charge in [0, 0.05) is 26.1 Å². The molecule has 2 aromatic carbocycles. The molecule has 0 aliphatic carbocycles. The van der Waals surface area contributed by atoms with Crippen molar-refractivity contribution in [3.63, 3.8) is 0 Å². The number of hydrogen-bond donors (Lipinski definition) is 1. The van der Waals surface area contributed by atoms with Gasteiger partial charge in [-0.2, -0.15) is 4.31 Å². The van der Waals surface area contributed by atoms with E-state index in [1.807, 2.05) is 18.2 Å². The average molecular weight is 435 g/mol. The molecule has 0 aromatic heterocycles. The number of amides is 1. The molecule has 30 heavy (non-hydrogen) atoms. The number of nitrogens with one attached hydrogen (secondary N) is 1. The molecule has 1 saturated heterocycles. The highest BCUT2D eigenvalue weighted by molar-refractivity contribution is 7.89. The van der Waals surface area contributed by atoms with E-state index in [0.29, 0.717) is 24.7 Å². The Morgan fingerprint density at radius 3 is 2.53 bits per heavy atom. The van der Waals surface area contributed by atoms with E-state index in [1.54, 1.807) is 24.3 Å². The van der Waals surface area contributed by atoms with Crippen LogP contribution in [0, 0.1) is 0 Å². The van der Waals surface area contributed by atoms with Gasteiger partial charge in [0.05, 0.1) is 25.2 Å². The summed E-state index contributed by atoms with van der Waals surface area (Å²) in [6, 6.07) is 14.5. The second kappa shape index (κ2) is 9.92. The van der Waals surface area contributed by atoms with Crippen molar-refractivity contribution in [2.45, 2.75) is 23.5 Å². The lowest BCUT2D eigenvalue weighted by Crippen LogP contribution is -2.46. The first-order chi connectivity index (χ1) is 14.5. The number of carbonyl (C=O) groups excluding carboxylic acids is 1. The van der Waals surface area contributed by atoms with Crippen LogP contribution < -0.4 is 14.8 Å².